The summed E-state index contributed by atoms with van der Waals surface area (Å²) in [5.74, 6) is 1.77. The number of sulfonamides is 1. The molecule has 0 radical (unpaired) electrons. The van der Waals surface area contributed by atoms with Gasteiger partial charge in [0, 0.05) is 6.07 Å². The van der Waals surface area contributed by atoms with Crippen LogP contribution in [0, 0.1) is 0 Å². The number of hydrogen-bond donors (Lipinski definition) is 1. The molecule has 0 bridgehead atoms. The number of fused-ring (bicyclic) bond motifs is 1. The average molecular weight is 451 g/mol. The molecule has 0 saturated carbocycles. The summed E-state index contributed by atoms with van der Waals surface area (Å²) in [6, 6.07) is 11.9. The molecule has 9 nitrogen and oxygen atoms in total. The number of amides is 1. The van der Waals surface area contributed by atoms with Gasteiger partial charge >= 0.3 is 0 Å². The first-order valence-corrected chi connectivity index (χ1v) is 11.5. The lowest BCUT2D eigenvalue weighted by molar-refractivity contribution is -0.119. The van der Waals surface area contributed by atoms with E-state index in [0.717, 1.165) is 10.1 Å². The summed E-state index contributed by atoms with van der Waals surface area (Å²) >= 11 is 0. The Balaban J connectivity index is 1.58. The van der Waals surface area contributed by atoms with Crippen molar-refractivity contribution in [1.29, 1.82) is 0 Å². The predicted molar refractivity (Wildman–Crippen MR) is 116 cm³/mol. The van der Waals surface area contributed by atoms with Gasteiger partial charge in [-0.1, -0.05) is 0 Å². The minimum absolute atomic E-state index is 0.144. The van der Waals surface area contributed by atoms with Crippen LogP contribution in [0.15, 0.2) is 42.5 Å². The van der Waals surface area contributed by atoms with Crippen LogP contribution in [0.4, 0.5) is 5.69 Å². The van der Waals surface area contributed by atoms with Gasteiger partial charge in [0.05, 0.1) is 25.1 Å². The largest absolute Gasteiger partial charge is 0.497 e. The third kappa shape index (κ3) is 5.94. The lowest BCUT2D eigenvalue weighted by atomic mass is 10.2. The van der Waals surface area contributed by atoms with Gasteiger partial charge in [-0.2, -0.15) is 0 Å². The van der Waals surface area contributed by atoms with E-state index >= 15 is 0 Å². The minimum Gasteiger partial charge on any atom is -0.497 e. The second kappa shape index (κ2) is 10.3. The van der Waals surface area contributed by atoms with Gasteiger partial charge < -0.3 is 24.3 Å². The summed E-state index contributed by atoms with van der Waals surface area (Å²) in [5.41, 5.74) is 0.343. The lowest BCUT2D eigenvalue weighted by Crippen LogP contribution is -2.42. The summed E-state index contributed by atoms with van der Waals surface area (Å²) in [6.45, 7) is 2.46. The van der Waals surface area contributed by atoms with Crippen LogP contribution in [0.25, 0.3) is 0 Å². The van der Waals surface area contributed by atoms with Crippen molar-refractivity contribution in [2.24, 2.45) is 0 Å². The molecule has 1 N–H and O–H groups in total. The van der Waals surface area contributed by atoms with Crippen LogP contribution in [0.1, 0.15) is 6.92 Å². The van der Waals surface area contributed by atoms with Gasteiger partial charge in [-0.15, -0.1) is 0 Å². The molecule has 31 heavy (non-hydrogen) atoms. The third-order valence-corrected chi connectivity index (χ3v) is 6.30. The smallest absolute Gasteiger partial charge is 0.240 e. The Morgan fingerprint density at radius 2 is 1.74 bits per heavy atom. The molecule has 0 aliphatic carbocycles. The fourth-order valence-electron chi connectivity index (χ4n) is 2.91. The molecule has 0 atom stereocenters. The third-order valence-electron chi connectivity index (χ3n) is 4.55. The Labute approximate surface area is 181 Å². The molecule has 0 aromatic heterocycles. The van der Waals surface area contributed by atoms with Gasteiger partial charge in [0.2, 0.25) is 15.9 Å². The van der Waals surface area contributed by atoms with E-state index in [2.05, 4.69) is 5.32 Å². The zero-order valence-corrected chi connectivity index (χ0v) is 18.3. The van der Waals surface area contributed by atoms with Crippen LogP contribution in [-0.4, -0.2) is 60.1 Å². The average Bonchev–Trinajstić information content (AvgIpc) is 2.80. The van der Waals surface area contributed by atoms with Crippen molar-refractivity contribution in [3.05, 3.63) is 42.5 Å². The van der Waals surface area contributed by atoms with E-state index in [4.69, 9.17) is 18.9 Å². The van der Waals surface area contributed by atoms with Crippen molar-refractivity contribution in [3.8, 4) is 23.0 Å². The molecular formula is C21H26N2O7S. The Bertz CT molecular complexity index is 993. The number of methoxy groups -OCH3 is 1. The molecule has 0 unspecified atom stereocenters. The molecule has 1 amide bonds. The number of benzene rings is 2. The first kappa shape index (κ1) is 22.5. The van der Waals surface area contributed by atoms with Gasteiger partial charge in [-0.3, -0.25) is 9.10 Å². The van der Waals surface area contributed by atoms with Crippen molar-refractivity contribution in [2.75, 3.05) is 50.1 Å². The molecule has 3 rings (SSSR count). The summed E-state index contributed by atoms with van der Waals surface area (Å²) in [4.78, 5) is 12.4. The van der Waals surface area contributed by atoms with E-state index < -0.39 is 15.9 Å². The molecule has 1 aliphatic heterocycles. The Hall–Kier alpha value is -3.14. The van der Waals surface area contributed by atoms with Gasteiger partial charge in [0.25, 0.3) is 0 Å². The van der Waals surface area contributed by atoms with Crippen molar-refractivity contribution < 1.29 is 32.2 Å². The molecule has 0 saturated heterocycles. The van der Waals surface area contributed by atoms with Gasteiger partial charge in [-0.05, 0) is 43.3 Å². The van der Waals surface area contributed by atoms with Crippen molar-refractivity contribution in [1.82, 2.24) is 5.32 Å². The van der Waals surface area contributed by atoms with Crippen molar-refractivity contribution >= 4 is 21.6 Å². The topological polar surface area (TPSA) is 103 Å². The normalized spacial score (nSPS) is 12.7. The van der Waals surface area contributed by atoms with E-state index in [1.54, 1.807) is 49.6 Å². The van der Waals surface area contributed by atoms with Crippen LogP contribution in [-0.2, 0) is 14.8 Å². The number of carbonyl (C=O) groups is 1. The quantitative estimate of drug-likeness (QED) is 0.551. The van der Waals surface area contributed by atoms with Crippen LogP contribution in [0.3, 0.4) is 0 Å². The fraction of sp³-hybridized carbons (Fsp3) is 0.381. The first-order chi connectivity index (χ1) is 14.9. The van der Waals surface area contributed by atoms with E-state index in [1.165, 1.54) is 6.92 Å². The molecule has 2 aromatic carbocycles. The molecule has 0 fully saturated rings. The zero-order chi connectivity index (χ0) is 22.3. The van der Waals surface area contributed by atoms with Gasteiger partial charge in [0.1, 0.15) is 37.9 Å². The fourth-order valence-corrected chi connectivity index (χ4v) is 3.97. The Morgan fingerprint density at radius 3 is 2.42 bits per heavy atom. The number of anilines is 1. The van der Waals surface area contributed by atoms with Gasteiger partial charge in [0.15, 0.2) is 11.5 Å². The summed E-state index contributed by atoms with van der Waals surface area (Å²) in [6.07, 6.45) is 0. The number of hydrogen-bond acceptors (Lipinski definition) is 7. The molecule has 1 aliphatic rings. The van der Waals surface area contributed by atoms with E-state index in [0.29, 0.717) is 36.1 Å². The van der Waals surface area contributed by atoms with Crippen LogP contribution in [0.5, 0.6) is 23.0 Å². The van der Waals surface area contributed by atoms with E-state index in [1.807, 2.05) is 0 Å². The van der Waals surface area contributed by atoms with Crippen molar-refractivity contribution in [3.63, 3.8) is 0 Å². The maximum absolute atomic E-state index is 12.6. The highest BCUT2D eigenvalue weighted by Crippen LogP contribution is 2.34. The molecule has 168 valence electrons. The highest BCUT2D eigenvalue weighted by Gasteiger charge is 2.25. The monoisotopic (exact) mass is 450 g/mol. The maximum Gasteiger partial charge on any atom is 0.240 e. The number of carbonyl (C=O) groups excluding carboxylic acids is 1. The zero-order valence-electron chi connectivity index (χ0n) is 17.5. The number of nitrogens with zero attached hydrogens (tertiary/aromatic N) is 1. The van der Waals surface area contributed by atoms with Crippen LogP contribution in [0.2, 0.25) is 0 Å². The van der Waals surface area contributed by atoms with Crippen molar-refractivity contribution in [2.45, 2.75) is 6.92 Å². The SMILES string of the molecule is CCS(=O)(=O)N(CC(=O)NCCOc1ccc(OC)cc1)c1ccc2c(c1)OCCO2. The summed E-state index contributed by atoms with van der Waals surface area (Å²) in [5, 5.41) is 2.68. The van der Waals surface area contributed by atoms with Crippen LogP contribution >= 0.6 is 0 Å². The Morgan fingerprint density at radius 1 is 1.06 bits per heavy atom. The highest BCUT2D eigenvalue weighted by molar-refractivity contribution is 7.92. The van der Waals surface area contributed by atoms with Crippen LogP contribution < -0.4 is 28.6 Å². The first-order valence-electron chi connectivity index (χ1n) is 9.86. The molecule has 1 heterocycles. The predicted octanol–water partition coefficient (Wildman–Crippen LogP) is 1.82. The molecule has 10 heteroatoms. The maximum atomic E-state index is 12.6. The highest BCUT2D eigenvalue weighted by atomic mass is 32.2. The Kier molecular flexibility index (Phi) is 7.45. The molecular weight excluding hydrogens is 424 g/mol. The van der Waals surface area contributed by atoms with Gasteiger partial charge in [-0.25, -0.2) is 8.42 Å². The number of ether oxygens (including phenoxy) is 4. The summed E-state index contributed by atoms with van der Waals surface area (Å²) < 4.78 is 47.9. The second-order valence-corrected chi connectivity index (χ2v) is 8.79. The lowest BCUT2D eigenvalue weighted by Gasteiger charge is -2.25. The second-order valence-electron chi connectivity index (χ2n) is 6.61. The number of rotatable bonds is 10. The molecule has 2 aromatic rings. The summed E-state index contributed by atoms with van der Waals surface area (Å²) in [7, 11) is -2.10. The van der Waals surface area contributed by atoms with E-state index in [9.17, 15) is 13.2 Å². The number of nitrogens with one attached hydrogen (secondary N) is 1. The minimum atomic E-state index is -3.68. The van der Waals surface area contributed by atoms with E-state index in [-0.39, 0.29) is 25.4 Å². The standard InChI is InChI=1S/C21H26N2O7S/c1-3-31(25,26)23(16-4-9-19-20(14-16)30-13-12-29-19)15-21(24)22-10-11-28-18-7-5-17(27-2)6-8-18/h4-9,14H,3,10-13,15H2,1-2H3,(H,22,24). The molecule has 0 spiro atoms.